The van der Waals surface area contributed by atoms with Crippen LogP contribution in [0.3, 0.4) is 0 Å². The van der Waals surface area contributed by atoms with E-state index >= 15 is 0 Å². The van der Waals surface area contributed by atoms with Crippen molar-refractivity contribution < 1.29 is 0 Å². The van der Waals surface area contributed by atoms with Gasteiger partial charge in [-0.3, -0.25) is 0 Å². The molecule has 1 heterocycles. The number of hydrogen-bond acceptors (Lipinski definition) is 0. The van der Waals surface area contributed by atoms with E-state index in [-0.39, 0.29) is 0 Å². The molecule has 4 aromatic rings. The monoisotopic (exact) mass is 293 g/mol. The van der Waals surface area contributed by atoms with E-state index in [9.17, 15) is 0 Å². The fraction of sp³-hybridized carbons (Fsp3) is 0. The summed E-state index contributed by atoms with van der Waals surface area (Å²) in [5.74, 6) is 6.40. The fourth-order valence-electron chi connectivity index (χ4n) is 2.68. The van der Waals surface area contributed by atoms with Crippen LogP contribution >= 0.6 is 0 Å². The number of hydrogen-bond donors (Lipinski definition) is 0. The van der Waals surface area contributed by atoms with Crippen LogP contribution in [0.1, 0.15) is 11.1 Å². The molecule has 4 rings (SSSR count). The van der Waals surface area contributed by atoms with Gasteiger partial charge in [0.15, 0.2) is 0 Å². The minimum Gasteiger partial charge on any atom is -0.317 e. The number of fused-ring (bicyclic) bond motifs is 1. The van der Waals surface area contributed by atoms with E-state index in [4.69, 9.17) is 0 Å². The summed E-state index contributed by atoms with van der Waals surface area (Å²) >= 11 is 0. The lowest BCUT2D eigenvalue weighted by atomic mass is 10.1. The lowest BCUT2D eigenvalue weighted by molar-refractivity contribution is 1.13. The van der Waals surface area contributed by atoms with Crippen LogP contribution in [-0.2, 0) is 0 Å². The number of rotatable bonds is 1. The lowest BCUT2D eigenvalue weighted by Crippen LogP contribution is -1.91. The summed E-state index contributed by atoms with van der Waals surface area (Å²) < 4.78 is 2.20. The summed E-state index contributed by atoms with van der Waals surface area (Å²) in [5.41, 5.74) is 4.43. The maximum Gasteiger partial charge on any atom is 0.0528 e. The highest BCUT2D eigenvalue weighted by Gasteiger charge is 2.01. The van der Waals surface area contributed by atoms with Crippen LogP contribution in [0.15, 0.2) is 91.1 Å². The standard InChI is InChI=1S/C22H15N/c1-2-6-18(7-3-1)10-11-19-12-14-21(15-13-19)23-17-16-20-8-4-5-9-22(20)23/h1-9,12-17H. The van der Waals surface area contributed by atoms with Gasteiger partial charge in [0.05, 0.1) is 5.52 Å². The van der Waals surface area contributed by atoms with Crippen LogP contribution in [0.25, 0.3) is 16.6 Å². The van der Waals surface area contributed by atoms with Gasteiger partial charge in [-0.15, -0.1) is 0 Å². The van der Waals surface area contributed by atoms with Crippen molar-refractivity contribution in [2.24, 2.45) is 0 Å². The van der Waals surface area contributed by atoms with E-state index in [1.54, 1.807) is 0 Å². The molecule has 0 fully saturated rings. The number of nitrogens with zero attached hydrogens (tertiary/aromatic N) is 1. The van der Waals surface area contributed by atoms with E-state index < -0.39 is 0 Å². The summed E-state index contributed by atoms with van der Waals surface area (Å²) in [5, 5.41) is 1.25. The maximum absolute atomic E-state index is 3.21. The zero-order valence-electron chi connectivity index (χ0n) is 12.6. The topological polar surface area (TPSA) is 4.93 Å². The average molecular weight is 293 g/mol. The Labute approximate surface area is 135 Å². The molecule has 1 aromatic heterocycles. The van der Waals surface area contributed by atoms with Crippen molar-refractivity contribution in [3.8, 4) is 17.5 Å². The minimum atomic E-state index is 1.02. The van der Waals surface area contributed by atoms with E-state index in [1.165, 1.54) is 10.9 Å². The van der Waals surface area contributed by atoms with Gasteiger partial charge >= 0.3 is 0 Å². The van der Waals surface area contributed by atoms with Crippen molar-refractivity contribution in [2.45, 2.75) is 0 Å². The molecule has 108 valence electrons. The molecule has 0 radical (unpaired) electrons. The zero-order valence-corrected chi connectivity index (χ0v) is 12.6. The third kappa shape index (κ3) is 2.75. The molecule has 23 heavy (non-hydrogen) atoms. The normalized spacial score (nSPS) is 10.3. The highest BCUT2D eigenvalue weighted by Crippen LogP contribution is 2.20. The second-order valence-electron chi connectivity index (χ2n) is 5.41. The zero-order chi connectivity index (χ0) is 15.5. The molecule has 0 amide bonds. The first-order chi connectivity index (χ1) is 11.4. The van der Waals surface area contributed by atoms with Crippen LogP contribution in [0, 0.1) is 11.8 Å². The Morgan fingerprint density at radius 2 is 1.22 bits per heavy atom. The molecule has 0 atom stereocenters. The fourth-order valence-corrected chi connectivity index (χ4v) is 2.68. The van der Waals surface area contributed by atoms with Crippen molar-refractivity contribution >= 4 is 10.9 Å². The van der Waals surface area contributed by atoms with Gasteiger partial charge in [-0.05, 0) is 53.9 Å². The summed E-state index contributed by atoms with van der Waals surface area (Å²) in [7, 11) is 0. The molecular weight excluding hydrogens is 278 g/mol. The molecule has 0 aliphatic rings. The molecule has 0 saturated carbocycles. The Hall–Kier alpha value is -3.24. The van der Waals surface area contributed by atoms with Gasteiger partial charge in [0.25, 0.3) is 0 Å². The highest BCUT2D eigenvalue weighted by atomic mass is 15.0. The van der Waals surface area contributed by atoms with Crippen LogP contribution in [0.2, 0.25) is 0 Å². The molecule has 0 spiro atoms. The van der Waals surface area contributed by atoms with Gasteiger partial charge in [0, 0.05) is 23.0 Å². The van der Waals surface area contributed by atoms with Crippen LogP contribution in [-0.4, -0.2) is 4.57 Å². The first kappa shape index (κ1) is 13.4. The van der Waals surface area contributed by atoms with Gasteiger partial charge in [0.1, 0.15) is 0 Å². The third-order valence-corrected chi connectivity index (χ3v) is 3.87. The van der Waals surface area contributed by atoms with Gasteiger partial charge in [-0.25, -0.2) is 0 Å². The van der Waals surface area contributed by atoms with Crippen molar-refractivity contribution in [3.05, 3.63) is 102 Å². The molecular formula is C22H15N. The molecule has 0 aliphatic carbocycles. The Balaban J connectivity index is 1.65. The second-order valence-corrected chi connectivity index (χ2v) is 5.41. The quantitative estimate of drug-likeness (QED) is 0.434. The SMILES string of the molecule is C(#Cc1ccc(-n2ccc3ccccc32)cc1)c1ccccc1. The molecule has 0 N–H and O–H groups in total. The van der Waals surface area contributed by atoms with Gasteiger partial charge in [-0.2, -0.15) is 0 Å². The van der Waals surface area contributed by atoms with E-state index in [0.717, 1.165) is 16.8 Å². The van der Waals surface area contributed by atoms with Gasteiger partial charge in [0.2, 0.25) is 0 Å². The molecule has 0 bridgehead atoms. The van der Waals surface area contributed by atoms with Crippen LogP contribution < -0.4 is 0 Å². The Morgan fingerprint density at radius 1 is 0.565 bits per heavy atom. The molecule has 0 aliphatic heterocycles. The van der Waals surface area contributed by atoms with Gasteiger partial charge < -0.3 is 4.57 Å². The minimum absolute atomic E-state index is 1.02. The van der Waals surface area contributed by atoms with Crippen LogP contribution in [0.4, 0.5) is 0 Å². The molecule has 0 unspecified atom stereocenters. The number of benzene rings is 3. The van der Waals surface area contributed by atoms with Crippen LogP contribution in [0.5, 0.6) is 0 Å². The molecule has 1 heteroatoms. The molecule has 0 saturated heterocycles. The average Bonchev–Trinajstić information content (AvgIpc) is 3.05. The first-order valence-corrected chi connectivity index (χ1v) is 7.64. The van der Waals surface area contributed by atoms with E-state index in [2.05, 4.69) is 77.2 Å². The molecule has 1 nitrogen and oxygen atoms in total. The number of para-hydroxylation sites is 1. The first-order valence-electron chi connectivity index (χ1n) is 7.64. The van der Waals surface area contributed by atoms with E-state index in [1.807, 2.05) is 30.3 Å². The second kappa shape index (κ2) is 5.87. The smallest absolute Gasteiger partial charge is 0.0528 e. The van der Waals surface area contributed by atoms with Crippen molar-refractivity contribution in [3.63, 3.8) is 0 Å². The predicted molar refractivity (Wildman–Crippen MR) is 95.7 cm³/mol. The summed E-state index contributed by atoms with van der Waals surface area (Å²) in [6.45, 7) is 0. The maximum atomic E-state index is 3.21. The highest BCUT2D eigenvalue weighted by molar-refractivity contribution is 5.81. The summed E-state index contributed by atoms with van der Waals surface area (Å²) in [6.07, 6.45) is 2.11. The Bertz CT molecular complexity index is 996. The predicted octanol–water partition coefficient (Wildman–Crippen LogP) is 5.03. The largest absolute Gasteiger partial charge is 0.317 e. The Kier molecular flexibility index (Phi) is 3.42. The summed E-state index contributed by atoms with van der Waals surface area (Å²) in [4.78, 5) is 0. The van der Waals surface area contributed by atoms with Crippen molar-refractivity contribution in [1.29, 1.82) is 0 Å². The lowest BCUT2D eigenvalue weighted by Gasteiger charge is -2.05. The number of aromatic nitrogens is 1. The van der Waals surface area contributed by atoms with Gasteiger partial charge in [-0.1, -0.05) is 48.2 Å². The third-order valence-electron chi connectivity index (χ3n) is 3.87. The van der Waals surface area contributed by atoms with Crippen molar-refractivity contribution in [2.75, 3.05) is 0 Å². The molecule has 3 aromatic carbocycles. The summed E-state index contributed by atoms with van der Waals surface area (Å²) in [6, 6.07) is 29.0. The van der Waals surface area contributed by atoms with E-state index in [0.29, 0.717) is 0 Å². The Morgan fingerprint density at radius 3 is 2.00 bits per heavy atom. The van der Waals surface area contributed by atoms with Crippen molar-refractivity contribution in [1.82, 2.24) is 4.57 Å².